The van der Waals surface area contributed by atoms with Gasteiger partial charge in [0.05, 0.1) is 5.92 Å². The van der Waals surface area contributed by atoms with Crippen LogP contribution in [0.1, 0.15) is 32.8 Å². The summed E-state index contributed by atoms with van der Waals surface area (Å²) in [6.45, 7) is 6.45. The number of thiol groups is 1. The lowest BCUT2D eigenvalue weighted by atomic mass is 9.91. The summed E-state index contributed by atoms with van der Waals surface area (Å²) in [7, 11) is 0. The number of nitrogens with two attached hydrogens (primary N) is 1. The van der Waals surface area contributed by atoms with Crippen molar-refractivity contribution in [3.63, 3.8) is 0 Å². The molecular weight excluding hydrogens is 396 g/mol. The second kappa shape index (κ2) is 14.8. The average Bonchev–Trinajstić information content (AvgIpc) is 2.71. The maximum absolute atomic E-state index is 13.0. The van der Waals surface area contributed by atoms with Crippen molar-refractivity contribution in [3.05, 3.63) is 60.2 Å². The highest BCUT2D eigenvalue weighted by Gasteiger charge is 2.19. The molecule has 1 aromatic rings. The minimum atomic E-state index is -0.192. The Labute approximate surface area is 187 Å². The van der Waals surface area contributed by atoms with Crippen LogP contribution in [0.4, 0.5) is 0 Å². The maximum atomic E-state index is 13.0. The van der Waals surface area contributed by atoms with Gasteiger partial charge in [-0.1, -0.05) is 68.5 Å². The summed E-state index contributed by atoms with van der Waals surface area (Å²) in [6.07, 6.45) is 12.2. The second-order valence-corrected chi connectivity index (χ2v) is 9.28. The third kappa shape index (κ3) is 11.0. The van der Waals surface area contributed by atoms with Crippen LogP contribution in [0.15, 0.2) is 54.6 Å². The van der Waals surface area contributed by atoms with E-state index in [-0.39, 0.29) is 29.8 Å². The zero-order valence-corrected chi connectivity index (χ0v) is 20.0. The highest BCUT2D eigenvalue weighted by atomic mass is 32.2. The summed E-state index contributed by atoms with van der Waals surface area (Å²) in [5, 5.41) is 3.20. The fourth-order valence-electron chi connectivity index (χ4n) is 2.94. The molecule has 5 heteroatoms. The smallest absolute Gasteiger partial charge is 0.227 e. The fourth-order valence-corrected chi connectivity index (χ4v) is 3.65. The topological polar surface area (TPSA) is 55.1 Å². The van der Waals surface area contributed by atoms with Crippen LogP contribution in [0, 0.1) is 17.8 Å². The molecule has 0 saturated heterocycles. The van der Waals surface area contributed by atoms with Gasteiger partial charge >= 0.3 is 0 Å². The minimum absolute atomic E-state index is 0.0475. The van der Waals surface area contributed by atoms with Gasteiger partial charge in [-0.05, 0) is 49.2 Å². The lowest BCUT2D eigenvalue weighted by molar-refractivity contribution is -0.124. The van der Waals surface area contributed by atoms with Crippen molar-refractivity contribution in [3.8, 4) is 0 Å². The molecule has 0 bridgehead atoms. The van der Waals surface area contributed by atoms with E-state index in [1.807, 2.05) is 24.3 Å². The average molecular weight is 435 g/mol. The Balaban J connectivity index is 2.94. The molecule has 0 fully saturated rings. The predicted molar refractivity (Wildman–Crippen MR) is 133 cm³/mol. The molecular formula is C24H38N2OS2. The van der Waals surface area contributed by atoms with Crippen LogP contribution < -0.4 is 11.1 Å². The fraction of sp³-hybridized carbons (Fsp3) is 0.542. The number of rotatable bonds is 13. The molecule has 4 atom stereocenters. The quantitative estimate of drug-likeness (QED) is 0.310. The Morgan fingerprint density at radius 1 is 1.14 bits per heavy atom. The summed E-state index contributed by atoms with van der Waals surface area (Å²) in [5.41, 5.74) is 7.14. The Kier molecular flexibility index (Phi) is 13.2. The zero-order valence-electron chi connectivity index (χ0n) is 18.3. The van der Waals surface area contributed by atoms with Gasteiger partial charge in [0.15, 0.2) is 0 Å². The number of hydrogen-bond donors (Lipinski definition) is 3. The largest absolute Gasteiger partial charge is 0.353 e. The van der Waals surface area contributed by atoms with Gasteiger partial charge in [-0.25, -0.2) is 0 Å². The van der Waals surface area contributed by atoms with Crippen LogP contribution in [0.2, 0.25) is 0 Å². The molecule has 3 nitrogen and oxygen atoms in total. The van der Waals surface area contributed by atoms with E-state index in [2.05, 4.69) is 75.3 Å². The van der Waals surface area contributed by atoms with Gasteiger partial charge in [0.25, 0.3) is 0 Å². The van der Waals surface area contributed by atoms with Gasteiger partial charge in [0.2, 0.25) is 5.91 Å². The van der Waals surface area contributed by atoms with E-state index < -0.39 is 0 Å². The highest BCUT2D eigenvalue weighted by Crippen LogP contribution is 2.18. The van der Waals surface area contributed by atoms with Crippen LogP contribution in [-0.4, -0.2) is 35.8 Å². The van der Waals surface area contributed by atoms with Crippen LogP contribution in [0.3, 0.4) is 0 Å². The molecule has 0 spiro atoms. The molecule has 162 valence electrons. The minimum Gasteiger partial charge on any atom is -0.353 e. The monoisotopic (exact) mass is 434 g/mol. The Morgan fingerprint density at radius 3 is 2.38 bits per heavy atom. The van der Waals surface area contributed by atoms with Crippen molar-refractivity contribution in [2.75, 3.05) is 17.8 Å². The van der Waals surface area contributed by atoms with Gasteiger partial charge in [0, 0.05) is 17.8 Å². The van der Waals surface area contributed by atoms with Crippen molar-refractivity contribution >= 4 is 30.3 Å². The molecule has 0 unspecified atom stereocenters. The number of thioether (sulfide) groups is 1. The number of allylic oxidation sites excluding steroid dienone is 2. The normalized spacial score (nSPS) is 16.2. The first-order chi connectivity index (χ1) is 13.9. The van der Waals surface area contributed by atoms with E-state index in [4.69, 9.17) is 5.73 Å². The van der Waals surface area contributed by atoms with Gasteiger partial charge in [0.1, 0.15) is 0 Å². The molecule has 0 radical (unpaired) electrons. The number of nitrogens with one attached hydrogen (secondary N) is 1. The number of benzene rings is 1. The van der Waals surface area contributed by atoms with Crippen LogP contribution in [0.5, 0.6) is 0 Å². The summed E-state index contributed by atoms with van der Waals surface area (Å²) in [4.78, 5) is 13.0. The summed E-state index contributed by atoms with van der Waals surface area (Å²) in [5.74, 6) is 2.24. The lowest BCUT2D eigenvalue weighted by Crippen LogP contribution is -2.37. The van der Waals surface area contributed by atoms with Crippen molar-refractivity contribution in [1.82, 2.24) is 5.32 Å². The van der Waals surface area contributed by atoms with Crippen LogP contribution in [0.25, 0.3) is 0 Å². The Bertz CT molecular complexity index is 631. The van der Waals surface area contributed by atoms with Crippen molar-refractivity contribution in [1.29, 1.82) is 0 Å². The number of hydrogen-bond acceptors (Lipinski definition) is 4. The second-order valence-electron chi connectivity index (χ2n) is 7.92. The first-order valence-corrected chi connectivity index (χ1v) is 12.5. The zero-order chi connectivity index (χ0) is 21.6. The molecule has 1 aromatic carbocycles. The van der Waals surface area contributed by atoms with E-state index in [1.165, 1.54) is 5.56 Å². The van der Waals surface area contributed by atoms with Crippen LogP contribution in [-0.2, 0) is 11.2 Å². The van der Waals surface area contributed by atoms with E-state index >= 15 is 0 Å². The predicted octanol–water partition coefficient (Wildman–Crippen LogP) is 4.74. The summed E-state index contributed by atoms with van der Waals surface area (Å²) in [6, 6.07) is 10.3. The molecule has 0 aliphatic heterocycles. The highest BCUT2D eigenvalue weighted by molar-refractivity contribution is 7.98. The molecule has 1 rings (SSSR count). The Morgan fingerprint density at radius 2 is 1.79 bits per heavy atom. The summed E-state index contributed by atoms with van der Waals surface area (Å²) >= 11 is 6.05. The van der Waals surface area contributed by atoms with E-state index in [1.54, 1.807) is 11.8 Å². The maximum Gasteiger partial charge on any atom is 0.227 e. The van der Waals surface area contributed by atoms with Crippen molar-refractivity contribution in [2.45, 2.75) is 45.7 Å². The number of amides is 1. The van der Waals surface area contributed by atoms with Crippen molar-refractivity contribution in [2.24, 2.45) is 23.5 Å². The number of carbonyl (C=O) groups excluding carboxylic acids is 1. The third-order valence-corrected chi connectivity index (χ3v) is 5.97. The standard InChI is InChI=1S/C24H38N2OS2/c1-18(2)21(12-13-23(25)17-28)10-11-22(16-20-8-6-5-7-9-20)24(27)26-19(3)14-15-29-4/h5-13,18-19,21-23,28H,14-17,25H2,1-4H3,(H,26,27)/b11-10-,13-12+/t19-,21+,22-,23-/m1/s1. The molecule has 0 aromatic heterocycles. The third-order valence-electron chi connectivity index (χ3n) is 4.91. The molecule has 0 saturated carbocycles. The van der Waals surface area contributed by atoms with E-state index in [9.17, 15) is 4.79 Å². The van der Waals surface area contributed by atoms with Gasteiger partial charge in [-0.15, -0.1) is 0 Å². The molecule has 0 heterocycles. The van der Waals surface area contributed by atoms with Gasteiger partial charge in [-0.3, -0.25) is 4.79 Å². The number of carbonyl (C=O) groups is 1. The molecule has 0 aliphatic carbocycles. The van der Waals surface area contributed by atoms with Crippen LogP contribution >= 0.6 is 24.4 Å². The van der Waals surface area contributed by atoms with Gasteiger partial charge in [-0.2, -0.15) is 24.4 Å². The first kappa shape index (κ1) is 25.9. The SMILES string of the molecule is CSCC[C@@H](C)NC(=O)[C@H](/C=C\[C@@H](/C=C/[C@@H](N)CS)C(C)C)Cc1ccccc1. The van der Waals surface area contributed by atoms with Crippen molar-refractivity contribution < 1.29 is 4.79 Å². The lowest BCUT2D eigenvalue weighted by Gasteiger charge is -2.19. The molecule has 1 amide bonds. The molecule has 29 heavy (non-hydrogen) atoms. The summed E-state index contributed by atoms with van der Waals surface area (Å²) < 4.78 is 0. The molecule has 0 aliphatic rings. The van der Waals surface area contributed by atoms with E-state index in [0.717, 1.165) is 12.2 Å². The van der Waals surface area contributed by atoms with E-state index in [0.29, 0.717) is 18.1 Å². The Hall–Kier alpha value is -1.17. The molecule has 3 N–H and O–H groups in total. The van der Waals surface area contributed by atoms with Gasteiger partial charge < -0.3 is 11.1 Å². The first-order valence-electron chi connectivity index (χ1n) is 10.4.